The molecule has 1 aromatic heterocycles. The maximum atomic E-state index is 11.9. The SMILES string of the molecule is Cc1cc(Sc2ncccn2)c(S(C)(=O)=O)cc1C(=O)Cl. The van der Waals surface area contributed by atoms with Crippen LogP contribution >= 0.6 is 23.4 Å². The van der Waals surface area contributed by atoms with Gasteiger partial charge in [-0.15, -0.1) is 0 Å². The fourth-order valence-corrected chi connectivity index (χ4v) is 4.04. The number of hydrogen-bond acceptors (Lipinski definition) is 6. The van der Waals surface area contributed by atoms with Gasteiger partial charge in [0.25, 0.3) is 5.24 Å². The fraction of sp³-hybridized carbons (Fsp3) is 0.154. The Morgan fingerprint density at radius 2 is 1.86 bits per heavy atom. The van der Waals surface area contributed by atoms with Crippen LogP contribution in [0, 0.1) is 6.92 Å². The third-order valence-electron chi connectivity index (χ3n) is 2.65. The second-order valence-corrected chi connectivity index (χ2v) is 7.63. The van der Waals surface area contributed by atoms with Crippen LogP contribution < -0.4 is 0 Å². The number of rotatable bonds is 4. The van der Waals surface area contributed by atoms with Crippen molar-refractivity contribution in [3.05, 3.63) is 41.7 Å². The lowest BCUT2D eigenvalue weighted by Gasteiger charge is -2.10. The van der Waals surface area contributed by atoms with Crippen LogP contribution in [-0.2, 0) is 9.84 Å². The molecular formula is C13H11ClN2O3S2. The third kappa shape index (κ3) is 3.81. The maximum Gasteiger partial charge on any atom is 0.252 e. The van der Waals surface area contributed by atoms with E-state index in [9.17, 15) is 13.2 Å². The first-order chi connectivity index (χ1) is 9.79. The van der Waals surface area contributed by atoms with E-state index >= 15 is 0 Å². The van der Waals surface area contributed by atoms with Gasteiger partial charge in [-0.25, -0.2) is 18.4 Å². The largest absolute Gasteiger partial charge is 0.276 e. The first-order valence-electron chi connectivity index (χ1n) is 5.78. The summed E-state index contributed by atoms with van der Waals surface area (Å²) in [6.07, 6.45) is 4.22. The second kappa shape index (κ2) is 6.13. The highest BCUT2D eigenvalue weighted by Gasteiger charge is 2.19. The zero-order chi connectivity index (χ0) is 15.6. The molecule has 0 saturated heterocycles. The lowest BCUT2D eigenvalue weighted by molar-refractivity contribution is 0.108. The molecule has 0 bridgehead atoms. The maximum absolute atomic E-state index is 11.9. The van der Waals surface area contributed by atoms with Crippen LogP contribution in [0.4, 0.5) is 0 Å². The van der Waals surface area contributed by atoms with Gasteiger partial charge < -0.3 is 0 Å². The summed E-state index contributed by atoms with van der Waals surface area (Å²) in [5.74, 6) is 0. The van der Waals surface area contributed by atoms with Gasteiger partial charge in [-0.05, 0) is 54.0 Å². The summed E-state index contributed by atoms with van der Waals surface area (Å²) in [4.78, 5) is 19.9. The second-order valence-electron chi connectivity index (χ2n) is 4.29. The van der Waals surface area contributed by atoms with Crippen molar-refractivity contribution < 1.29 is 13.2 Å². The molecule has 5 nitrogen and oxygen atoms in total. The van der Waals surface area contributed by atoms with Gasteiger partial charge in [0.1, 0.15) is 0 Å². The normalized spacial score (nSPS) is 11.4. The highest BCUT2D eigenvalue weighted by Crippen LogP contribution is 2.33. The molecule has 0 aliphatic rings. The standard InChI is InChI=1S/C13H11ClN2O3S2/c1-8-6-10(20-13-15-4-3-5-16-13)11(21(2,18)19)7-9(8)12(14)17/h3-7H,1-2H3. The van der Waals surface area contributed by atoms with Gasteiger partial charge in [0.05, 0.1) is 4.90 Å². The van der Waals surface area contributed by atoms with Gasteiger partial charge in [0, 0.05) is 29.1 Å². The molecule has 21 heavy (non-hydrogen) atoms. The van der Waals surface area contributed by atoms with E-state index in [4.69, 9.17) is 11.6 Å². The van der Waals surface area contributed by atoms with Crippen molar-refractivity contribution in [2.75, 3.05) is 6.26 Å². The lowest BCUT2D eigenvalue weighted by Crippen LogP contribution is -2.04. The van der Waals surface area contributed by atoms with E-state index in [1.165, 1.54) is 6.07 Å². The molecule has 0 aliphatic heterocycles. The Bertz CT molecular complexity index is 793. The summed E-state index contributed by atoms with van der Waals surface area (Å²) in [7, 11) is -3.51. The van der Waals surface area contributed by atoms with Crippen LogP contribution in [0.5, 0.6) is 0 Å². The Morgan fingerprint density at radius 1 is 1.24 bits per heavy atom. The molecule has 0 unspecified atom stereocenters. The van der Waals surface area contributed by atoms with Crippen LogP contribution in [0.1, 0.15) is 15.9 Å². The number of nitrogens with zero attached hydrogens (tertiary/aromatic N) is 2. The molecule has 1 heterocycles. The minimum absolute atomic E-state index is 0.0366. The molecule has 0 spiro atoms. The number of benzene rings is 1. The highest BCUT2D eigenvalue weighted by atomic mass is 35.5. The van der Waals surface area contributed by atoms with Crippen LogP contribution in [0.2, 0.25) is 0 Å². The van der Waals surface area contributed by atoms with E-state index in [2.05, 4.69) is 9.97 Å². The van der Waals surface area contributed by atoms with E-state index in [-0.39, 0.29) is 10.5 Å². The Kier molecular flexibility index (Phi) is 4.65. The van der Waals surface area contributed by atoms with Crippen molar-refractivity contribution in [1.82, 2.24) is 9.97 Å². The van der Waals surface area contributed by atoms with Crippen molar-refractivity contribution >= 4 is 38.4 Å². The monoisotopic (exact) mass is 342 g/mol. The van der Waals surface area contributed by atoms with E-state index < -0.39 is 15.1 Å². The van der Waals surface area contributed by atoms with Crippen molar-refractivity contribution in [3.8, 4) is 0 Å². The van der Waals surface area contributed by atoms with Gasteiger partial charge in [0.15, 0.2) is 15.0 Å². The zero-order valence-electron chi connectivity index (χ0n) is 11.2. The molecule has 1 aromatic carbocycles. The summed E-state index contributed by atoms with van der Waals surface area (Å²) in [6.45, 7) is 1.69. The lowest BCUT2D eigenvalue weighted by atomic mass is 10.1. The van der Waals surface area contributed by atoms with Crippen molar-refractivity contribution in [2.45, 2.75) is 21.9 Å². The molecule has 0 aliphatic carbocycles. The van der Waals surface area contributed by atoms with Crippen molar-refractivity contribution in [1.29, 1.82) is 0 Å². The first-order valence-corrected chi connectivity index (χ1v) is 8.87. The van der Waals surface area contributed by atoms with Crippen LogP contribution in [-0.4, -0.2) is 29.9 Å². The van der Waals surface area contributed by atoms with Crippen molar-refractivity contribution in [2.24, 2.45) is 0 Å². The molecule has 0 saturated carbocycles. The number of aryl methyl sites for hydroxylation is 1. The van der Waals surface area contributed by atoms with Gasteiger partial charge in [-0.3, -0.25) is 4.79 Å². The molecule has 2 aromatic rings. The summed E-state index contributed by atoms with van der Waals surface area (Å²) < 4.78 is 23.8. The van der Waals surface area contributed by atoms with Gasteiger partial charge in [-0.1, -0.05) is 0 Å². The van der Waals surface area contributed by atoms with E-state index in [1.807, 2.05) is 0 Å². The number of sulfone groups is 1. The molecule has 0 N–H and O–H groups in total. The summed E-state index contributed by atoms with van der Waals surface area (Å²) in [5, 5.41) is -0.267. The average Bonchev–Trinajstić information content (AvgIpc) is 2.38. The molecule has 0 fully saturated rings. The highest BCUT2D eigenvalue weighted by molar-refractivity contribution is 8.00. The predicted molar refractivity (Wildman–Crippen MR) is 80.6 cm³/mol. The number of hydrogen-bond donors (Lipinski definition) is 0. The zero-order valence-corrected chi connectivity index (χ0v) is 13.6. The molecule has 8 heteroatoms. The first kappa shape index (κ1) is 15.9. The van der Waals surface area contributed by atoms with Crippen LogP contribution in [0.3, 0.4) is 0 Å². The van der Waals surface area contributed by atoms with E-state index in [0.29, 0.717) is 15.6 Å². The number of halogens is 1. The van der Waals surface area contributed by atoms with Crippen LogP contribution in [0.25, 0.3) is 0 Å². The third-order valence-corrected chi connectivity index (χ3v) is 5.07. The number of aromatic nitrogens is 2. The Balaban J connectivity index is 2.59. The van der Waals surface area contributed by atoms with Crippen molar-refractivity contribution in [3.63, 3.8) is 0 Å². The number of carbonyl (C=O) groups excluding carboxylic acids is 1. The predicted octanol–water partition coefficient (Wildman–Crippen LogP) is 2.72. The molecule has 2 rings (SSSR count). The van der Waals surface area contributed by atoms with Gasteiger partial charge in [0.2, 0.25) is 0 Å². The van der Waals surface area contributed by atoms with E-state index in [1.54, 1.807) is 31.5 Å². The smallest absolute Gasteiger partial charge is 0.252 e. The van der Waals surface area contributed by atoms with Gasteiger partial charge in [-0.2, -0.15) is 0 Å². The Labute approximate surface area is 131 Å². The fourth-order valence-electron chi connectivity index (χ4n) is 1.68. The molecule has 0 radical (unpaired) electrons. The molecule has 0 atom stereocenters. The summed E-state index contributed by atoms with van der Waals surface area (Å²) in [6, 6.07) is 4.57. The molecular weight excluding hydrogens is 332 g/mol. The molecule has 0 amide bonds. The summed E-state index contributed by atoms with van der Waals surface area (Å²) in [5.41, 5.74) is 0.774. The minimum Gasteiger partial charge on any atom is -0.276 e. The van der Waals surface area contributed by atoms with E-state index in [0.717, 1.165) is 18.0 Å². The Morgan fingerprint density at radius 3 is 2.38 bits per heavy atom. The molecule has 110 valence electrons. The van der Waals surface area contributed by atoms with Crippen LogP contribution in [0.15, 0.2) is 45.5 Å². The Hall–Kier alpha value is -1.44. The van der Waals surface area contributed by atoms with Gasteiger partial charge >= 0.3 is 0 Å². The average molecular weight is 343 g/mol. The number of carbonyl (C=O) groups is 1. The topological polar surface area (TPSA) is 77.0 Å². The summed E-state index contributed by atoms with van der Waals surface area (Å²) >= 11 is 6.60. The minimum atomic E-state index is -3.51. The quantitative estimate of drug-likeness (QED) is 0.628.